The highest BCUT2D eigenvalue weighted by molar-refractivity contribution is 6.17. The highest BCUT2D eigenvalue weighted by Gasteiger charge is 2.76. The van der Waals surface area contributed by atoms with Gasteiger partial charge in [-0.1, -0.05) is 13.8 Å². The predicted octanol–water partition coefficient (Wildman–Crippen LogP) is 1.90. The van der Waals surface area contributed by atoms with Crippen LogP contribution in [-0.4, -0.2) is 62.4 Å². The minimum atomic E-state index is -2.49. The maximum Gasteiger partial charge on any atom is 0.365 e. The Bertz CT molecular complexity index is 812. The van der Waals surface area contributed by atoms with E-state index in [1.54, 1.807) is 52.0 Å². The minimum Gasteiger partial charge on any atom is -0.497 e. The Balaban J connectivity index is 2.78. The van der Waals surface area contributed by atoms with Crippen LogP contribution in [0.25, 0.3) is 0 Å². The number of nitrogens with zero attached hydrogens (tertiary/aromatic N) is 1. The van der Waals surface area contributed by atoms with E-state index < -0.39 is 35.0 Å². The number of methoxy groups -OCH3 is 2. The Hall–Kier alpha value is -3.10. The fraction of sp³-hybridized carbons (Fsp3) is 0.524. The maximum atomic E-state index is 13.2. The van der Waals surface area contributed by atoms with E-state index >= 15 is 0 Å². The van der Waals surface area contributed by atoms with Gasteiger partial charge in [0, 0.05) is 5.56 Å². The largest absolute Gasteiger partial charge is 0.497 e. The van der Waals surface area contributed by atoms with Crippen molar-refractivity contribution in [2.45, 2.75) is 38.8 Å². The van der Waals surface area contributed by atoms with Gasteiger partial charge in [0.2, 0.25) is 11.4 Å². The first-order chi connectivity index (χ1) is 14.2. The van der Waals surface area contributed by atoms with Crippen molar-refractivity contribution < 1.29 is 38.1 Å². The van der Waals surface area contributed by atoms with Crippen LogP contribution in [0.15, 0.2) is 29.3 Å². The van der Waals surface area contributed by atoms with E-state index in [1.807, 2.05) is 0 Å². The van der Waals surface area contributed by atoms with Crippen LogP contribution >= 0.6 is 0 Å². The Morgan fingerprint density at radius 1 is 0.967 bits per heavy atom. The minimum absolute atomic E-state index is 0.0451. The van der Waals surface area contributed by atoms with E-state index in [2.05, 4.69) is 4.99 Å². The zero-order valence-corrected chi connectivity index (χ0v) is 18.0. The molecular weight excluding hydrogens is 394 g/mol. The second-order valence-corrected chi connectivity index (χ2v) is 6.78. The number of benzene rings is 1. The molecule has 0 spiro atoms. The van der Waals surface area contributed by atoms with Gasteiger partial charge >= 0.3 is 23.5 Å². The van der Waals surface area contributed by atoms with Crippen molar-refractivity contribution in [3.05, 3.63) is 29.8 Å². The summed E-state index contributed by atoms with van der Waals surface area (Å²) in [6, 6.07) is 6.58. The third-order valence-electron chi connectivity index (χ3n) is 4.86. The Kier molecular flexibility index (Phi) is 7.07. The van der Waals surface area contributed by atoms with Crippen LogP contribution in [0.1, 0.15) is 33.3 Å². The van der Waals surface area contributed by atoms with Crippen molar-refractivity contribution >= 4 is 23.8 Å². The average Bonchev–Trinajstić information content (AvgIpc) is 3.12. The molecule has 0 aromatic heterocycles. The molecule has 9 heteroatoms. The van der Waals surface area contributed by atoms with Crippen LogP contribution in [0.3, 0.4) is 0 Å². The quantitative estimate of drug-likeness (QED) is 0.356. The number of carbonyl (C=O) groups is 3. The summed E-state index contributed by atoms with van der Waals surface area (Å²) in [5.74, 6) is -3.25. The van der Waals surface area contributed by atoms with Crippen LogP contribution in [0.5, 0.6) is 5.75 Å². The molecule has 0 N–H and O–H groups in total. The van der Waals surface area contributed by atoms with Gasteiger partial charge in [0.05, 0.1) is 27.4 Å². The predicted molar refractivity (Wildman–Crippen MR) is 106 cm³/mol. The summed E-state index contributed by atoms with van der Waals surface area (Å²) in [4.78, 5) is 43.8. The molecule has 0 aliphatic carbocycles. The zero-order chi connectivity index (χ0) is 22.5. The first-order valence-electron chi connectivity index (χ1n) is 9.61. The Morgan fingerprint density at radius 2 is 1.50 bits per heavy atom. The lowest BCUT2D eigenvalue weighted by Gasteiger charge is -2.38. The van der Waals surface area contributed by atoms with E-state index in [1.165, 1.54) is 7.11 Å². The molecule has 9 nitrogen and oxygen atoms in total. The molecule has 1 atom stereocenters. The van der Waals surface area contributed by atoms with E-state index in [9.17, 15) is 14.4 Å². The fourth-order valence-corrected chi connectivity index (χ4v) is 3.40. The molecule has 0 fully saturated rings. The standard InChI is InChI=1S/C21H27NO8/c1-7-28-18(24)21(19(25)29-8-2)20(13(3)4,17(23)27-6)22-16(30-21)14-9-11-15(26-5)12-10-14/h9-13H,7-8H2,1-6H3. The summed E-state index contributed by atoms with van der Waals surface area (Å²) in [7, 11) is 2.67. The Labute approximate surface area is 175 Å². The summed E-state index contributed by atoms with van der Waals surface area (Å²) in [5, 5.41) is 0. The van der Waals surface area contributed by atoms with Gasteiger partial charge in [0.15, 0.2) is 0 Å². The summed E-state index contributed by atoms with van der Waals surface area (Å²) in [6.07, 6.45) is 0. The molecule has 1 aliphatic rings. The highest BCUT2D eigenvalue weighted by atomic mass is 16.6. The normalized spacial score (nSPS) is 19.5. The van der Waals surface area contributed by atoms with E-state index in [-0.39, 0.29) is 19.1 Å². The number of hydrogen-bond acceptors (Lipinski definition) is 9. The van der Waals surface area contributed by atoms with Crippen molar-refractivity contribution in [3.8, 4) is 5.75 Å². The van der Waals surface area contributed by atoms with Crippen molar-refractivity contribution in [3.63, 3.8) is 0 Å². The van der Waals surface area contributed by atoms with Gasteiger partial charge in [-0.05, 0) is 44.0 Å². The van der Waals surface area contributed by atoms with Gasteiger partial charge in [-0.2, -0.15) is 0 Å². The third kappa shape index (κ3) is 3.48. The molecule has 0 radical (unpaired) electrons. The lowest BCUT2D eigenvalue weighted by Crippen LogP contribution is -2.69. The molecule has 1 aliphatic heterocycles. The summed E-state index contributed by atoms with van der Waals surface area (Å²) in [5.41, 5.74) is -4.11. The van der Waals surface area contributed by atoms with Gasteiger partial charge in [-0.25, -0.2) is 19.4 Å². The van der Waals surface area contributed by atoms with Crippen LogP contribution in [0.2, 0.25) is 0 Å². The molecule has 2 rings (SSSR count). The smallest absolute Gasteiger partial charge is 0.365 e. The SMILES string of the molecule is CCOC(=O)C1(C(=O)OCC)OC(c2ccc(OC)cc2)=NC1(C(=O)OC)C(C)C. The lowest BCUT2D eigenvalue weighted by atomic mass is 9.72. The first kappa shape index (κ1) is 23.2. The van der Waals surface area contributed by atoms with Crippen molar-refractivity contribution in [1.29, 1.82) is 0 Å². The molecule has 30 heavy (non-hydrogen) atoms. The summed E-state index contributed by atoms with van der Waals surface area (Å²) >= 11 is 0. The van der Waals surface area contributed by atoms with Crippen LogP contribution in [0.4, 0.5) is 0 Å². The van der Waals surface area contributed by atoms with E-state index in [0.29, 0.717) is 11.3 Å². The molecule has 0 bridgehead atoms. The number of aliphatic imine (C=N–C) groups is 1. The van der Waals surface area contributed by atoms with Gasteiger partial charge in [0.1, 0.15) is 5.75 Å². The topological polar surface area (TPSA) is 110 Å². The average molecular weight is 421 g/mol. The molecule has 1 aromatic carbocycles. The monoisotopic (exact) mass is 421 g/mol. The van der Waals surface area contributed by atoms with Crippen molar-refractivity contribution in [1.82, 2.24) is 0 Å². The van der Waals surface area contributed by atoms with Crippen LogP contribution in [0, 0.1) is 5.92 Å². The molecule has 164 valence electrons. The second-order valence-electron chi connectivity index (χ2n) is 6.78. The number of carbonyl (C=O) groups excluding carboxylic acids is 3. The molecule has 1 aromatic rings. The van der Waals surface area contributed by atoms with E-state index in [4.69, 9.17) is 23.7 Å². The molecule has 0 saturated heterocycles. The van der Waals surface area contributed by atoms with Gasteiger partial charge < -0.3 is 23.7 Å². The molecule has 1 unspecified atom stereocenters. The number of esters is 3. The molecular formula is C21H27NO8. The zero-order valence-electron chi connectivity index (χ0n) is 18.0. The van der Waals surface area contributed by atoms with Crippen LogP contribution in [-0.2, 0) is 33.3 Å². The van der Waals surface area contributed by atoms with Gasteiger partial charge in [0.25, 0.3) is 0 Å². The van der Waals surface area contributed by atoms with Crippen LogP contribution < -0.4 is 4.74 Å². The first-order valence-corrected chi connectivity index (χ1v) is 9.61. The summed E-state index contributed by atoms with van der Waals surface area (Å²) in [6.45, 7) is 6.33. The maximum absolute atomic E-state index is 13.2. The molecule has 1 heterocycles. The molecule has 0 amide bonds. The highest BCUT2D eigenvalue weighted by Crippen LogP contribution is 2.45. The second kappa shape index (κ2) is 9.15. The third-order valence-corrected chi connectivity index (χ3v) is 4.86. The number of ether oxygens (including phenoxy) is 5. The van der Waals surface area contributed by atoms with E-state index in [0.717, 1.165) is 7.11 Å². The van der Waals surface area contributed by atoms with Gasteiger partial charge in [-0.3, -0.25) is 0 Å². The van der Waals surface area contributed by atoms with Gasteiger partial charge in [-0.15, -0.1) is 0 Å². The summed E-state index contributed by atoms with van der Waals surface area (Å²) < 4.78 is 26.3. The Morgan fingerprint density at radius 3 is 1.90 bits per heavy atom. The fourth-order valence-electron chi connectivity index (χ4n) is 3.40. The van der Waals surface area contributed by atoms with Crippen molar-refractivity contribution in [2.75, 3.05) is 27.4 Å². The number of hydrogen-bond donors (Lipinski definition) is 0. The number of rotatable bonds is 8. The lowest BCUT2D eigenvalue weighted by molar-refractivity contribution is -0.194. The molecule has 0 saturated carbocycles. The van der Waals surface area contributed by atoms with Crippen molar-refractivity contribution in [2.24, 2.45) is 10.9 Å².